The van der Waals surface area contributed by atoms with Crippen LogP contribution in [0.5, 0.6) is 5.75 Å². The Bertz CT molecular complexity index is 943. The van der Waals surface area contributed by atoms with Gasteiger partial charge >= 0.3 is 0 Å². The number of aryl methyl sites for hydroxylation is 1. The van der Waals surface area contributed by atoms with Crippen LogP contribution in [0.25, 0.3) is 11.3 Å². The van der Waals surface area contributed by atoms with E-state index in [1.165, 1.54) is 29.5 Å². The molecule has 0 fully saturated rings. The van der Waals surface area contributed by atoms with E-state index in [0.717, 1.165) is 11.1 Å². The molecule has 0 aliphatic rings. The molecule has 25 heavy (non-hydrogen) atoms. The molecule has 0 atom stereocenters. The number of methoxy groups -OCH3 is 1. The summed E-state index contributed by atoms with van der Waals surface area (Å²) in [6, 6.07) is 9.77. The van der Waals surface area contributed by atoms with Crippen molar-refractivity contribution in [1.82, 2.24) is 4.98 Å². The van der Waals surface area contributed by atoms with Gasteiger partial charge in [-0.1, -0.05) is 11.6 Å². The number of aromatic nitrogens is 1. The van der Waals surface area contributed by atoms with Gasteiger partial charge < -0.3 is 4.74 Å². The van der Waals surface area contributed by atoms with Gasteiger partial charge in [0.05, 0.1) is 18.4 Å². The van der Waals surface area contributed by atoms with Gasteiger partial charge in [-0.3, -0.25) is 10.1 Å². The maximum atomic E-state index is 13.4. The SMILES string of the molecule is COc1ccc(C)cc1-c1csc(NC(=O)c2cc(F)ccc2Br)n1. The molecule has 1 heterocycles. The van der Waals surface area contributed by atoms with Crippen LogP contribution in [-0.2, 0) is 0 Å². The molecule has 3 rings (SSSR count). The summed E-state index contributed by atoms with van der Waals surface area (Å²) >= 11 is 4.55. The van der Waals surface area contributed by atoms with Crippen LogP contribution in [0.15, 0.2) is 46.3 Å². The largest absolute Gasteiger partial charge is 0.496 e. The number of anilines is 1. The van der Waals surface area contributed by atoms with Crippen molar-refractivity contribution in [3.8, 4) is 17.0 Å². The summed E-state index contributed by atoms with van der Waals surface area (Å²) in [5.41, 5.74) is 2.85. The first kappa shape index (κ1) is 17.6. The number of thiazole rings is 1. The average molecular weight is 421 g/mol. The normalized spacial score (nSPS) is 10.6. The highest BCUT2D eigenvalue weighted by Gasteiger charge is 2.15. The van der Waals surface area contributed by atoms with Crippen molar-refractivity contribution in [2.75, 3.05) is 12.4 Å². The smallest absolute Gasteiger partial charge is 0.258 e. The van der Waals surface area contributed by atoms with Crippen molar-refractivity contribution < 1.29 is 13.9 Å². The number of nitrogens with zero attached hydrogens (tertiary/aromatic N) is 1. The second-order valence-electron chi connectivity index (χ2n) is 5.32. The summed E-state index contributed by atoms with van der Waals surface area (Å²) < 4.78 is 19.3. The summed E-state index contributed by atoms with van der Waals surface area (Å²) in [6.07, 6.45) is 0. The van der Waals surface area contributed by atoms with E-state index in [9.17, 15) is 9.18 Å². The molecule has 4 nitrogen and oxygen atoms in total. The van der Waals surface area contributed by atoms with Gasteiger partial charge in [0, 0.05) is 15.4 Å². The lowest BCUT2D eigenvalue weighted by Gasteiger charge is -2.07. The number of carbonyl (C=O) groups excluding carboxylic acids is 1. The maximum absolute atomic E-state index is 13.4. The zero-order valence-corrected chi connectivity index (χ0v) is 15.9. The molecule has 1 amide bonds. The van der Waals surface area contributed by atoms with Crippen LogP contribution >= 0.6 is 27.3 Å². The number of carbonyl (C=O) groups is 1. The van der Waals surface area contributed by atoms with Crippen molar-refractivity contribution in [3.05, 3.63) is 63.2 Å². The van der Waals surface area contributed by atoms with Gasteiger partial charge in [0.2, 0.25) is 0 Å². The van der Waals surface area contributed by atoms with E-state index in [1.54, 1.807) is 7.11 Å². The van der Waals surface area contributed by atoms with Gasteiger partial charge in [-0.2, -0.15) is 0 Å². The molecule has 0 unspecified atom stereocenters. The van der Waals surface area contributed by atoms with Crippen LogP contribution in [-0.4, -0.2) is 18.0 Å². The monoisotopic (exact) mass is 420 g/mol. The molecule has 3 aromatic rings. The summed E-state index contributed by atoms with van der Waals surface area (Å²) in [4.78, 5) is 16.8. The van der Waals surface area contributed by atoms with Crippen LogP contribution in [0.2, 0.25) is 0 Å². The Hall–Kier alpha value is -2.25. The minimum absolute atomic E-state index is 0.213. The number of nitrogens with one attached hydrogen (secondary N) is 1. The van der Waals surface area contributed by atoms with E-state index < -0.39 is 11.7 Å². The predicted molar refractivity (Wildman–Crippen MR) is 101 cm³/mol. The van der Waals surface area contributed by atoms with Crippen LogP contribution in [0.4, 0.5) is 9.52 Å². The van der Waals surface area contributed by atoms with Gasteiger partial charge in [-0.25, -0.2) is 9.37 Å². The Morgan fingerprint density at radius 3 is 2.84 bits per heavy atom. The molecular formula is C18H14BrFN2O2S. The van der Waals surface area contributed by atoms with Crippen molar-refractivity contribution in [2.45, 2.75) is 6.92 Å². The van der Waals surface area contributed by atoms with E-state index >= 15 is 0 Å². The topological polar surface area (TPSA) is 51.2 Å². The molecule has 0 saturated heterocycles. The summed E-state index contributed by atoms with van der Waals surface area (Å²) in [6.45, 7) is 1.99. The van der Waals surface area contributed by atoms with Gasteiger partial charge in [0.25, 0.3) is 5.91 Å². The quantitative estimate of drug-likeness (QED) is 0.624. The summed E-state index contributed by atoms with van der Waals surface area (Å²) in [5.74, 6) is -0.192. The fourth-order valence-corrected chi connectivity index (χ4v) is 3.45. The first-order valence-corrected chi connectivity index (χ1v) is 9.02. The Labute approximate surface area is 156 Å². The number of benzene rings is 2. The third-order valence-electron chi connectivity index (χ3n) is 3.53. The van der Waals surface area contributed by atoms with Crippen LogP contribution in [0.3, 0.4) is 0 Å². The fourth-order valence-electron chi connectivity index (χ4n) is 2.31. The number of ether oxygens (including phenoxy) is 1. The van der Waals surface area contributed by atoms with Crippen LogP contribution in [0, 0.1) is 12.7 Å². The lowest BCUT2D eigenvalue weighted by molar-refractivity contribution is 0.102. The van der Waals surface area contributed by atoms with E-state index in [1.807, 2.05) is 30.5 Å². The summed E-state index contributed by atoms with van der Waals surface area (Å²) in [7, 11) is 1.60. The summed E-state index contributed by atoms with van der Waals surface area (Å²) in [5, 5.41) is 4.97. The maximum Gasteiger partial charge on any atom is 0.258 e. The van der Waals surface area contributed by atoms with Crippen molar-refractivity contribution in [1.29, 1.82) is 0 Å². The molecule has 7 heteroatoms. The predicted octanol–water partition coefficient (Wildman–Crippen LogP) is 5.28. The third-order valence-corrected chi connectivity index (χ3v) is 4.98. The lowest BCUT2D eigenvalue weighted by atomic mass is 10.1. The first-order chi connectivity index (χ1) is 12.0. The molecule has 1 aromatic heterocycles. The Balaban J connectivity index is 1.86. The second-order valence-corrected chi connectivity index (χ2v) is 7.03. The number of hydrogen-bond acceptors (Lipinski definition) is 4. The zero-order chi connectivity index (χ0) is 18.0. The van der Waals surface area contributed by atoms with Gasteiger partial charge in [-0.05, 0) is 53.2 Å². The standard InChI is InChI=1S/C18H14BrFN2O2S/c1-10-3-6-16(24-2)13(7-10)15-9-25-18(21-15)22-17(23)12-8-11(20)4-5-14(12)19/h3-9H,1-2H3,(H,21,22,23). The minimum atomic E-state index is -0.474. The van der Waals surface area contributed by atoms with E-state index in [-0.39, 0.29) is 5.56 Å². The van der Waals surface area contributed by atoms with Crippen LogP contribution < -0.4 is 10.1 Å². The molecule has 0 saturated carbocycles. The fraction of sp³-hybridized carbons (Fsp3) is 0.111. The first-order valence-electron chi connectivity index (χ1n) is 7.35. The molecule has 1 N–H and O–H groups in total. The van der Waals surface area contributed by atoms with Crippen molar-refractivity contribution in [2.24, 2.45) is 0 Å². The molecular weight excluding hydrogens is 407 g/mol. The van der Waals surface area contributed by atoms with Crippen molar-refractivity contribution in [3.63, 3.8) is 0 Å². The van der Waals surface area contributed by atoms with Gasteiger partial charge in [-0.15, -0.1) is 11.3 Å². The minimum Gasteiger partial charge on any atom is -0.496 e. The third kappa shape index (κ3) is 3.88. The van der Waals surface area contributed by atoms with E-state index in [2.05, 4.69) is 26.2 Å². The number of halogens is 2. The number of amides is 1. The average Bonchev–Trinajstić information content (AvgIpc) is 3.05. The molecule has 0 bridgehead atoms. The Kier molecular flexibility index (Phi) is 5.15. The highest BCUT2D eigenvalue weighted by atomic mass is 79.9. The van der Waals surface area contributed by atoms with Crippen molar-refractivity contribution >= 4 is 38.3 Å². The number of rotatable bonds is 4. The number of hydrogen-bond donors (Lipinski definition) is 1. The van der Waals surface area contributed by atoms with Gasteiger partial charge in [0.1, 0.15) is 11.6 Å². The highest BCUT2D eigenvalue weighted by Crippen LogP contribution is 2.33. The highest BCUT2D eigenvalue weighted by molar-refractivity contribution is 9.10. The Morgan fingerprint density at radius 1 is 1.28 bits per heavy atom. The lowest BCUT2D eigenvalue weighted by Crippen LogP contribution is -2.12. The Morgan fingerprint density at radius 2 is 2.08 bits per heavy atom. The van der Waals surface area contributed by atoms with Gasteiger partial charge in [0.15, 0.2) is 5.13 Å². The molecule has 2 aromatic carbocycles. The zero-order valence-electron chi connectivity index (χ0n) is 13.5. The molecule has 0 aliphatic carbocycles. The molecule has 128 valence electrons. The molecule has 0 aliphatic heterocycles. The van der Waals surface area contributed by atoms with Crippen LogP contribution in [0.1, 0.15) is 15.9 Å². The van der Waals surface area contributed by atoms with E-state index in [4.69, 9.17) is 4.74 Å². The second kappa shape index (κ2) is 7.33. The molecule has 0 radical (unpaired) electrons. The molecule has 0 spiro atoms. The van der Waals surface area contributed by atoms with E-state index in [0.29, 0.717) is 21.0 Å².